The van der Waals surface area contributed by atoms with Gasteiger partial charge in [-0.3, -0.25) is 0 Å². The Kier molecular flexibility index (Phi) is 5.46. The second kappa shape index (κ2) is 6.33. The van der Waals surface area contributed by atoms with Crippen LogP contribution < -0.4 is 5.73 Å². The number of hydrogen-bond acceptors (Lipinski definition) is 2. The topological polar surface area (TPSA) is 35.2 Å². The average molecular weight is 301 g/mol. The molecule has 0 aliphatic heterocycles. The quantitative estimate of drug-likeness (QED) is 0.819. The summed E-state index contributed by atoms with van der Waals surface area (Å²) >= 11 is 0. The molecule has 2 nitrogen and oxygen atoms in total. The normalized spacial score (nSPS) is 14.4. The van der Waals surface area contributed by atoms with Crippen molar-refractivity contribution in [2.24, 2.45) is 5.73 Å². The van der Waals surface area contributed by atoms with Gasteiger partial charge in [-0.05, 0) is 30.6 Å². The first-order valence-electron chi connectivity index (χ1n) is 6.89. The molecule has 0 aliphatic carbocycles. The summed E-state index contributed by atoms with van der Waals surface area (Å²) in [4.78, 5) is 0. The third-order valence-corrected chi connectivity index (χ3v) is 8.60. The van der Waals surface area contributed by atoms with Crippen LogP contribution in [0.5, 0.6) is 0 Å². The van der Waals surface area contributed by atoms with Gasteiger partial charge in [-0.1, -0.05) is 26.8 Å². The standard InChI is InChI=1S/C15H25F2NOSi/c1-15(2,3)20(4,5)19-9-8-14(18)12-7-6-11(16)10-13(12)17/h6-7,10,14H,8-9,18H2,1-5H3. The zero-order valence-corrected chi connectivity index (χ0v) is 14.0. The monoisotopic (exact) mass is 301 g/mol. The van der Waals surface area contributed by atoms with Crippen LogP contribution in [0.3, 0.4) is 0 Å². The van der Waals surface area contributed by atoms with E-state index in [2.05, 4.69) is 33.9 Å². The smallest absolute Gasteiger partial charge is 0.191 e. The highest BCUT2D eigenvalue weighted by Gasteiger charge is 2.37. The van der Waals surface area contributed by atoms with Crippen LogP contribution in [-0.2, 0) is 4.43 Å². The van der Waals surface area contributed by atoms with Crippen molar-refractivity contribution in [3.8, 4) is 0 Å². The molecule has 1 aromatic rings. The summed E-state index contributed by atoms with van der Waals surface area (Å²) < 4.78 is 32.5. The fourth-order valence-electron chi connectivity index (χ4n) is 1.62. The predicted molar refractivity (Wildman–Crippen MR) is 81.1 cm³/mol. The molecular weight excluding hydrogens is 276 g/mol. The van der Waals surface area contributed by atoms with Gasteiger partial charge in [-0.25, -0.2) is 8.78 Å². The van der Waals surface area contributed by atoms with Crippen LogP contribution in [0, 0.1) is 11.6 Å². The van der Waals surface area contributed by atoms with Gasteiger partial charge >= 0.3 is 0 Å². The van der Waals surface area contributed by atoms with Crippen LogP contribution in [-0.4, -0.2) is 14.9 Å². The summed E-state index contributed by atoms with van der Waals surface area (Å²) in [5.41, 5.74) is 6.30. The minimum Gasteiger partial charge on any atom is -0.417 e. The Hall–Kier alpha value is -0.783. The average Bonchev–Trinajstić information content (AvgIpc) is 2.26. The highest BCUT2D eigenvalue weighted by Crippen LogP contribution is 2.36. The van der Waals surface area contributed by atoms with Crippen molar-refractivity contribution in [2.45, 2.75) is 51.4 Å². The maximum Gasteiger partial charge on any atom is 0.191 e. The van der Waals surface area contributed by atoms with Gasteiger partial charge in [0.05, 0.1) is 0 Å². The molecule has 2 N–H and O–H groups in total. The van der Waals surface area contributed by atoms with E-state index in [9.17, 15) is 8.78 Å². The maximum absolute atomic E-state index is 13.6. The van der Waals surface area contributed by atoms with Crippen molar-refractivity contribution in [3.05, 3.63) is 35.4 Å². The molecule has 0 saturated carbocycles. The van der Waals surface area contributed by atoms with Crippen molar-refractivity contribution in [3.63, 3.8) is 0 Å². The van der Waals surface area contributed by atoms with E-state index in [0.29, 0.717) is 18.6 Å². The molecule has 0 amide bonds. The van der Waals surface area contributed by atoms with Gasteiger partial charge in [0.15, 0.2) is 8.32 Å². The number of benzene rings is 1. The Morgan fingerprint density at radius 3 is 2.35 bits per heavy atom. The summed E-state index contributed by atoms with van der Waals surface area (Å²) in [6, 6.07) is 3.03. The van der Waals surface area contributed by atoms with Gasteiger partial charge in [0.2, 0.25) is 0 Å². The van der Waals surface area contributed by atoms with E-state index in [0.717, 1.165) is 6.07 Å². The molecule has 0 aliphatic rings. The molecule has 1 aromatic carbocycles. The molecule has 1 rings (SSSR count). The van der Waals surface area contributed by atoms with Crippen molar-refractivity contribution in [2.75, 3.05) is 6.61 Å². The first-order chi connectivity index (χ1) is 9.04. The third-order valence-electron chi connectivity index (χ3n) is 4.06. The van der Waals surface area contributed by atoms with E-state index in [4.69, 9.17) is 10.2 Å². The fraction of sp³-hybridized carbons (Fsp3) is 0.600. The van der Waals surface area contributed by atoms with Gasteiger partial charge in [-0.2, -0.15) is 0 Å². The van der Waals surface area contributed by atoms with Crippen LogP contribution in [0.4, 0.5) is 8.78 Å². The first kappa shape index (κ1) is 17.3. The first-order valence-corrected chi connectivity index (χ1v) is 9.80. The molecule has 0 heterocycles. The van der Waals surface area contributed by atoms with Crippen LogP contribution in [0.25, 0.3) is 0 Å². The lowest BCUT2D eigenvalue weighted by Crippen LogP contribution is -2.41. The van der Waals surface area contributed by atoms with Gasteiger partial charge in [-0.15, -0.1) is 0 Å². The molecule has 0 fully saturated rings. The second-order valence-corrected chi connectivity index (χ2v) is 11.5. The Bertz CT molecular complexity index is 458. The summed E-state index contributed by atoms with van der Waals surface area (Å²) in [7, 11) is -1.80. The van der Waals surface area contributed by atoms with E-state index in [1.807, 2.05) is 0 Å². The van der Waals surface area contributed by atoms with Gasteiger partial charge in [0, 0.05) is 24.3 Å². The minimum atomic E-state index is -1.80. The Labute approximate surface area is 121 Å². The Morgan fingerprint density at radius 1 is 1.25 bits per heavy atom. The molecule has 0 bridgehead atoms. The van der Waals surface area contributed by atoms with Gasteiger partial charge < -0.3 is 10.2 Å². The second-order valence-electron chi connectivity index (χ2n) is 6.67. The van der Waals surface area contributed by atoms with Crippen molar-refractivity contribution >= 4 is 8.32 Å². The fourth-order valence-corrected chi connectivity index (χ4v) is 2.68. The van der Waals surface area contributed by atoms with Crippen LogP contribution >= 0.6 is 0 Å². The lowest BCUT2D eigenvalue weighted by Gasteiger charge is -2.36. The van der Waals surface area contributed by atoms with Crippen molar-refractivity contribution in [1.82, 2.24) is 0 Å². The van der Waals surface area contributed by atoms with E-state index < -0.39 is 26.0 Å². The molecule has 0 aromatic heterocycles. The molecule has 0 saturated heterocycles. The molecule has 114 valence electrons. The summed E-state index contributed by atoms with van der Waals surface area (Å²) in [5.74, 6) is -1.18. The minimum absolute atomic E-state index is 0.137. The van der Waals surface area contributed by atoms with Gasteiger partial charge in [0.1, 0.15) is 11.6 Å². The van der Waals surface area contributed by atoms with Crippen molar-refractivity contribution < 1.29 is 13.2 Å². The molecule has 1 unspecified atom stereocenters. The van der Waals surface area contributed by atoms with Crippen LogP contribution in [0.15, 0.2) is 18.2 Å². The number of rotatable bonds is 5. The summed E-state index contributed by atoms with van der Waals surface area (Å²) in [6.45, 7) is 11.3. The SMILES string of the molecule is CC(C)(C)[Si](C)(C)OCCC(N)c1ccc(F)cc1F. The number of nitrogens with two attached hydrogens (primary N) is 1. The highest BCUT2D eigenvalue weighted by atomic mass is 28.4. The molecule has 20 heavy (non-hydrogen) atoms. The lowest BCUT2D eigenvalue weighted by molar-refractivity contribution is 0.271. The van der Waals surface area contributed by atoms with E-state index in [-0.39, 0.29) is 5.04 Å². The van der Waals surface area contributed by atoms with Crippen LogP contribution in [0.1, 0.15) is 38.8 Å². The number of halogens is 2. The van der Waals surface area contributed by atoms with Crippen molar-refractivity contribution in [1.29, 1.82) is 0 Å². The Morgan fingerprint density at radius 2 is 1.85 bits per heavy atom. The van der Waals surface area contributed by atoms with E-state index >= 15 is 0 Å². The third kappa shape index (κ3) is 4.36. The zero-order chi connectivity index (χ0) is 15.6. The highest BCUT2D eigenvalue weighted by molar-refractivity contribution is 6.74. The molecule has 5 heteroatoms. The van der Waals surface area contributed by atoms with Crippen LogP contribution in [0.2, 0.25) is 18.1 Å². The summed E-state index contributed by atoms with van der Waals surface area (Å²) in [5, 5.41) is 0.137. The molecule has 0 radical (unpaired) electrons. The van der Waals surface area contributed by atoms with E-state index in [1.165, 1.54) is 12.1 Å². The lowest BCUT2D eigenvalue weighted by atomic mass is 10.0. The Balaban J connectivity index is 2.58. The predicted octanol–water partition coefficient (Wildman–Crippen LogP) is 4.38. The summed E-state index contributed by atoms with van der Waals surface area (Å²) in [6.07, 6.45) is 0.523. The molecule has 1 atom stereocenters. The molecule has 0 spiro atoms. The van der Waals surface area contributed by atoms with Gasteiger partial charge in [0.25, 0.3) is 0 Å². The zero-order valence-electron chi connectivity index (χ0n) is 13.0. The largest absolute Gasteiger partial charge is 0.417 e. The molecular formula is C15H25F2NOSi. The number of hydrogen-bond donors (Lipinski definition) is 1. The maximum atomic E-state index is 13.6. The van der Waals surface area contributed by atoms with E-state index in [1.54, 1.807) is 0 Å².